The van der Waals surface area contributed by atoms with E-state index in [2.05, 4.69) is 4.98 Å². The Bertz CT molecular complexity index is 537. The minimum Gasteiger partial charge on any atom is -0.493 e. The number of hydrogen-bond acceptors (Lipinski definition) is 4. The van der Waals surface area contributed by atoms with Crippen molar-refractivity contribution in [3.05, 3.63) is 23.5 Å². The monoisotopic (exact) mass is 354 g/mol. The van der Waals surface area contributed by atoms with Crippen LogP contribution >= 0.6 is 13.5 Å². The molecule has 2 rings (SSSR count). The second kappa shape index (κ2) is 8.60. The van der Waals surface area contributed by atoms with E-state index in [0.29, 0.717) is 19.1 Å². The number of hydrogen-bond donors (Lipinski definition) is 0. The fraction of sp³-hybridized carbons (Fsp3) is 0.667. The summed E-state index contributed by atoms with van der Waals surface area (Å²) < 4.78 is 11.4. The first-order valence-electron chi connectivity index (χ1n) is 8.29. The number of aromatic nitrogens is 1. The molecule has 1 aliphatic heterocycles. The first-order chi connectivity index (χ1) is 10.7. The molecule has 0 unspecified atom stereocenters. The lowest BCUT2D eigenvalue weighted by molar-refractivity contribution is 0.0139. The molecule has 0 N–H and O–H groups in total. The summed E-state index contributed by atoms with van der Waals surface area (Å²) in [5, 5.41) is 0. The number of ether oxygens (including phenoxy) is 2. The molecule has 1 aliphatic rings. The van der Waals surface area contributed by atoms with Gasteiger partial charge in [0.25, 0.3) is 0 Å². The summed E-state index contributed by atoms with van der Waals surface area (Å²) in [7, 11) is 0. The van der Waals surface area contributed by atoms with Crippen molar-refractivity contribution in [2.75, 3.05) is 19.7 Å². The fourth-order valence-electron chi connectivity index (χ4n) is 2.79. The maximum absolute atomic E-state index is 12.2. The molecule has 6 heteroatoms. The van der Waals surface area contributed by atoms with Crippen LogP contribution in [-0.2, 0) is 4.74 Å². The van der Waals surface area contributed by atoms with Crippen LogP contribution in [0.5, 0.6) is 5.75 Å². The SMILES string of the molecule is Cc1cc(OC[C@H]2CCCN(C(=O)OC(C)(C)C)C2)cc(C)n1.S. The number of rotatable bonds is 3. The molecule has 0 saturated carbocycles. The van der Waals surface area contributed by atoms with Crippen LogP contribution in [0.2, 0.25) is 0 Å². The van der Waals surface area contributed by atoms with Crippen LogP contribution in [0.25, 0.3) is 0 Å². The molecule has 136 valence electrons. The lowest BCUT2D eigenvalue weighted by Gasteiger charge is -2.34. The molecule has 1 aromatic rings. The maximum Gasteiger partial charge on any atom is 0.410 e. The first kappa shape index (κ1) is 20.6. The minimum absolute atomic E-state index is 0. The fourth-order valence-corrected chi connectivity index (χ4v) is 2.79. The number of pyridine rings is 1. The van der Waals surface area contributed by atoms with E-state index in [4.69, 9.17) is 9.47 Å². The highest BCUT2D eigenvalue weighted by Crippen LogP contribution is 2.21. The molecule has 24 heavy (non-hydrogen) atoms. The third kappa shape index (κ3) is 6.59. The molecule has 0 bridgehead atoms. The topological polar surface area (TPSA) is 51.7 Å². The number of piperidine rings is 1. The molecule has 1 amide bonds. The third-order valence-electron chi connectivity index (χ3n) is 3.71. The van der Waals surface area contributed by atoms with Crippen LogP contribution < -0.4 is 4.74 Å². The minimum atomic E-state index is -0.452. The third-order valence-corrected chi connectivity index (χ3v) is 3.71. The maximum atomic E-state index is 12.2. The van der Waals surface area contributed by atoms with Crippen LogP contribution in [0.3, 0.4) is 0 Å². The van der Waals surface area contributed by atoms with Crippen LogP contribution in [0.15, 0.2) is 12.1 Å². The first-order valence-corrected chi connectivity index (χ1v) is 8.29. The van der Waals surface area contributed by atoms with Crippen molar-refractivity contribution in [2.24, 2.45) is 5.92 Å². The zero-order chi connectivity index (χ0) is 17.0. The van der Waals surface area contributed by atoms with Crippen LogP contribution in [0, 0.1) is 19.8 Å². The average Bonchev–Trinajstić information content (AvgIpc) is 2.43. The van der Waals surface area contributed by atoms with Gasteiger partial charge in [-0.15, -0.1) is 0 Å². The number of carbonyl (C=O) groups excluding carboxylic acids is 1. The Hall–Kier alpha value is -1.43. The molecular weight excluding hydrogens is 324 g/mol. The summed E-state index contributed by atoms with van der Waals surface area (Å²) >= 11 is 0. The van der Waals surface area contributed by atoms with Gasteiger partial charge in [-0.2, -0.15) is 13.5 Å². The smallest absolute Gasteiger partial charge is 0.410 e. The van der Waals surface area contributed by atoms with Crippen LogP contribution in [0.4, 0.5) is 4.79 Å². The molecule has 1 saturated heterocycles. The highest BCUT2D eigenvalue weighted by Gasteiger charge is 2.27. The average molecular weight is 355 g/mol. The van der Waals surface area contributed by atoms with Crippen molar-refractivity contribution in [3.63, 3.8) is 0 Å². The van der Waals surface area contributed by atoms with Gasteiger partial charge in [0.05, 0.1) is 6.61 Å². The molecule has 1 atom stereocenters. The van der Waals surface area contributed by atoms with E-state index in [0.717, 1.165) is 36.5 Å². The largest absolute Gasteiger partial charge is 0.493 e. The van der Waals surface area contributed by atoms with Gasteiger partial charge in [0.1, 0.15) is 11.4 Å². The second-order valence-electron chi connectivity index (χ2n) is 7.33. The summed E-state index contributed by atoms with van der Waals surface area (Å²) in [4.78, 5) is 18.3. The van der Waals surface area contributed by atoms with Gasteiger partial charge >= 0.3 is 6.09 Å². The Labute approximate surface area is 152 Å². The Morgan fingerprint density at radius 1 is 1.29 bits per heavy atom. The Morgan fingerprint density at radius 3 is 2.50 bits per heavy atom. The molecule has 0 spiro atoms. The number of carbonyl (C=O) groups is 1. The zero-order valence-corrected chi connectivity index (χ0v) is 16.4. The van der Waals surface area contributed by atoms with Gasteiger partial charge in [-0.05, 0) is 47.5 Å². The van der Waals surface area contributed by atoms with Crippen molar-refractivity contribution < 1.29 is 14.3 Å². The molecule has 0 radical (unpaired) electrons. The van der Waals surface area contributed by atoms with E-state index >= 15 is 0 Å². The van der Waals surface area contributed by atoms with E-state index in [-0.39, 0.29) is 19.6 Å². The van der Waals surface area contributed by atoms with Gasteiger partial charge in [0.2, 0.25) is 0 Å². The van der Waals surface area contributed by atoms with Gasteiger partial charge in [-0.25, -0.2) is 4.79 Å². The van der Waals surface area contributed by atoms with E-state index in [9.17, 15) is 4.79 Å². The Balaban J connectivity index is 0.00000288. The van der Waals surface area contributed by atoms with E-state index < -0.39 is 5.60 Å². The van der Waals surface area contributed by atoms with Crippen molar-refractivity contribution in [3.8, 4) is 5.75 Å². The Morgan fingerprint density at radius 2 is 1.92 bits per heavy atom. The molecule has 0 aromatic carbocycles. The highest BCUT2D eigenvalue weighted by atomic mass is 32.1. The van der Waals surface area contributed by atoms with E-state index in [1.54, 1.807) is 4.90 Å². The summed E-state index contributed by atoms with van der Waals surface area (Å²) in [5.41, 5.74) is 1.46. The Kier molecular flexibility index (Phi) is 7.39. The zero-order valence-electron chi connectivity index (χ0n) is 15.4. The van der Waals surface area contributed by atoms with Crippen molar-refractivity contribution >= 4 is 19.6 Å². The molecule has 2 heterocycles. The second-order valence-corrected chi connectivity index (χ2v) is 7.33. The van der Waals surface area contributed by atoms with E-state index in [1.807, 2.05) is 46.8 Å². The van der Waals surface area contributed by atoms with Gasteiger partial charge < -0.3 is 14.4 Å². The molecule has 1 aromatic heterocycles. The lowest BCUT2D eigenvalue weighted by Crippen LogP contribution is -2.44. The van der Waals surface area contributed by atoms with E-state index in [1.165, 1.54) is 0 Å². The number of amides is 1. The summed E-state index contributed by atoms with van der Waals surface area (Å²) in [6.07, 6.45) is 1.84. The molecule has 5 nitrogen and oxygen atoms in total. The quantitative estimate of drug-likeness (QED) is 0.827. The lowest BCUT2D eigenvalue weighted by atomic mass is 9.99. The van der Waals surface area contributed by atoms with Gasteiger partial charge in [0.15, 0.2) is 0 Å². The van der Waals surface area contributed by atoms with Crippen molar-refractivity contribution in [1.29, 1.82) is 0 Å². The molecular formula is C18H30N2O3S. The summed E-state index contributed by atoms with van der Waals surface area (Å²) in [6, 6.07) is 3.89. The van der Waals surface area contributed by atoms with Crippen LogP contribution in [0.1, 0.15) is 45.0 Å². The number of aryl methyl sites for hydroxylation is 2. The normalized spacial score (nSPS) is 17.9. The molecule has 1 fully saturated rings. The van der Waals surface area contributed by atoms with Crippen LogP contribution in [-0.4, -0.2) is 41.3 Å². The summed E-state index contributed by atoms with van der Waals surface area (Å²) in [6.45, 7) is 11.7. The standard InChI is InChI=1S/C18H28N2O3.H2S/c1-13-9-16(10-14(2)19-13)22-12-15-7-6-8-20(11-15)17(21)23-18(3,4)5;/h9-10,15H,6-8,11-12H2,1-5H3;1H2/t15-;/m0./s1. The van der Waals surface area contributed by atoms with Crippen molar-refractivity contribution in [1.82, 2.24) is 9.88 Å². The number of likely N-dealkylation sites (tertiary alicyclic amines) is 1. The highest BCUT2D eigenvalue weighted by molar-refractivity contribution is 7.59. The molecule has 0 aliphatic carbocycles. The predicted octanol–water partition coefficient (Wildman–Crippen LogP) is 3.84. The van der Waals surface area contributed by atoms with Gasteiger partial charge in [0, 0.05) is 42.5 Å². The predicted molar refractivity (Wildman–Crippen MR) is 100 cm³/mol. The number of nitrogens with zero attached hydrogens (tertiary/aromatic N) is 2. The van der Waals surface area contributed by atoms with Gasteiger partial charge in [-0.3, -0.25) is 4.98 Å². The van der Waals surface area contributed by atoms with Crippen molar-refractivity contribution in [2.45, 2.75) is 53.1 Å². The summed E-state index contributed by atoms with van der Waals surface area (Å²) in [5.74, 6) is 1.19. The van der Waals surface area contributed by atoms with Gasteiger partial charge in [-0.1, -0.05) is 0 Å².